The molecule has 1 aromatic carbocycles. The fraction of sp³-hybridized carbons (Fsp3) is 0.457. The SMILES string of the molecule is CCOC(=O)CC(=O)CC(O)C=Cc1c(C(C)C)nc(C(C)C)c(C=CC(O)CC(=O)CC(=O)OCC)c1-c1ccc(F)cc1. The van der Waals surface area contributed by atoms with E-state index in [4.69, 9.17) is 14.5 Å². The van der Waals surface area contributed by atoms with Gasteiger partial charge in [0.25, 0.3) is 0 Å². The molecule has 0 bridgehead atoms. The van der Waals surface area contributed by atoms with Crippen molar-refractivity contribution in [2.75, 3.05) is 13.2 Å². The van der Waals surface area contributed by atoms with Crippen molar-refractivity contribution in [2.45, 2.75) is 91.3 Å². The number of ether oxygens (including phenoxy) is 2. The predicted molar refractivity (Wildman–Crippen MR) is 170 cm³/mol. The predicted octanol–water partition coefficient (Wildman–Crippen LogP) is 5.71. The zero-order valence-electron chi connectivity index (χ0n) is 26.8. The lowest BCUT2D eigenvalue weighted by molar-refractivity contribution is -0.147. The second-order valence-corrected chi connectivity index (χ2v) is 11.2. The van der Waals surface area contributed by atoms with Crippen LogP contribution in [0.2, 0.25) is 0 Å². The Kier molecular flexibility index (Phi) is 14.9. The van der Waals surface area contributed by atoms with Crippen LogP contribution in [0.15, 0.2) is 36.4 Å². The van der Waals surface area contributed by atoms with Crippen LogP contribution in [0.4, 0.5) is 4.39 Å². The molecule has 0 spiro atoms. The van der Waals surface area contributed by atoms with Gasteiger partial charge in [-0.15, -0.1) is 0 Å². The molecule has 0 saturated carbocycles. The van der Waals surface area contributed by atoms with Crippen molar-refractivity contribution in [3.63, 3.8) is 0 Å². The third-order valence-electron chi connectivity index (χ3n) is 6.70. The molecule has 2 unspecified atom stereocenters. The lowest BCUT2D eigenvalue weighted by Crippen LogP contribution is -2.16. The highest BCUT2D eigenvalue weighted by Gasteiger charge is 2.23. The largest absolute Gasteiger partial charge is 0.466 e. The number of pyridine rings is 1. The Morgan fingerprint density at radius 3 is 1.51 bits per heavy atom. The number of aromatic nitrogens is 1. The molecule has 244 valence electrons. The Labute approximate surface area is 264 Å². The third-order valence-corrected chi connectivity index (χ3v) is 6.70. The summed E-state index contributed by atoms with van der Waals surface area (Å²) in [6, 6.07) is 5.89. The average Bonchev–Trinajstić information content (AvgIpc) is 2.94. The lowest BCUT2D eigenvalue weighted by Gasteiger charge is -2.23. The lowest BCUT2D eigenvalue weighted by atomic mass is 9.86. The van der Waals surface area contributed by atoms with Crippen molar-refractivity contribution < 1.29 is 43.3 Å². The van der Waals surface area contributed by atoms with Crippen molar-refractivity contribution in [3.8, 4) is 11.1 Å². The highest BCUT2D eigenvalue weighted by atomic mass is 19.1. The van der Waals surface area contributed by atoms with Gasteiger partial charge in [0.15, 0.2) is 0 Å². The third kappa shape index (κ3) is 11.8. The minimum absolute atomic E-state index is 0.0759. The van der Waals surface area contributed by atoms with E-state index in [1.165, 1.54) is 24.3 Å². The smallest absolute Gasteiger partial charge is 0.313 e. The van der Waals surface area contributed by atoms with Crippen LogP contribution in [-0.2, 0) is 28.7 Å². The topological polar surface area (TPSA) is 140 Å². The minimum atomic E-state index is -1.20. The van der Waals surface area contributed by atoms with Crippen LogP contribution in [0.5, 0.6) is 0 Å². The highest BCUT2D eigenvalue weighted by molar-refractivity contribution is 5.96. The summed E-state index contributed by atoms with van der Waals surface area (Å²) in [7, 11) is 0. The van der Waals surface area contributed by atoms with Gasteiger partial charge in [-0.25, -0.2) is 4.39 Å². The van der Waals surface area contributed by atoms with Crippen LogP contribution >= 0.6 is 0 Å². The van der Waals surface area contributed by atoms with E-state index >= 15 is 0 Å². The van der Waals surface area contributed by atoms with E-state index in [-0.39, 0.29) is 37.9 Å². The van der Waals surface area contributed by atoms with Crippen LogP contribution in [0.1, 0.15) is 102 Å². The number of nitrogens with zero attached hydrogens (tertiary/aromatic N) is 1. The number of esters is 2. The Bertz CT molecular complexity index is 1320. The molecule has 0 aliphatic heterocycles. The van der Waals surface area contributed by atoms with Gasteiger partial charge in [-0.2, -0.15) is 0 Å². The molecule has 0 radical (unpaired) electrons. The van der Waals surface area contributed by atoms with E-state index in [1.807, 2.05) is 27.7 Å². The fourth-order valence-corrected chi connectivity index (χ4v) is 4.70. The van der Waals surface area contributed by atoms with Gasteiger partial charge in [-0.05, 0) is 48.9 Å². The number of halogens is 1. The molecule has 0 amide bonds. The maximum atomic E-state index is 14.0. The standard InChI is InChI=1S/C35H44FNO8/c1-7-44-31(42)19-27(40)17-25(38)13-15-29-33(23-9-11-24(36)12-10-23)30(35(22(5)6)37-34(29)21(3)4)16-14-26(39)18-28(41)20-32(43)45-8-2/h9-16,21-22,25-26,38-39H,7-8,17-20H2,1-6H3. The average molecular weight is 626 g/mol. The summed E-state index contributed by atoms with van der Waals surface area (Å²) in [6.45, 7) is 11.4. The molecular weight excluding hydrogens is 581 g/mol. The van der Waals surface area contributed by atoms with Gasteiger partial charge < -0.3 is 19.7 Å². The molecule has 0 fully saturated rings. The van der Waals surface area contributed by atoms with Crippen LogP contribution in [-0.4, -0.2) is 64.1 Å². The maximum Gasteiger partial charge on any atom is 0.313 e. The summed E-state index contributed by atoms with van der Waals surface area (Å²) in [6.07, 6.45) is 2.32. The summed E-state index contributed by atoms with van der Waals surface area (Å²) in [5, 5.41) is 21.4. The molecule has 1 aromatic heterocycles. The summed E-state index contributed by atoms with van der Waals surface area (Å²) in [5.74, 6) is -2.85. The molecule has 2 rings (SSSR count). The molecule has 2 atom stereocenters. The Balaban J connectivity index is 2.64. The first-order chi connectivity index (χ1) is 21.3. The van der Waals surface area contributed by atoms with Gasteiger partial charge >= 0.3 is 11.9 Å². The summed E-state index contributed by atoms with van der Waals surface area (Å²) in [5.41, 5.74) is 3.92. The van der Waals surface area contributed by atoms with Crippen LogP contribution in [0.25, 0.3) is 23.3 Å². The molecule has 2 aromatic rings. The van der Waals surface area contributed by atoms with Gasteiger partial charge in [-0.3, -0.25) is 24.2 Å². The zero-order chi connectivity index (χ0) is 33.7. The normalized spacial score (nSPS) is 13.0. The van der Waals surface area contributed by atoms with E-state index in [2.05, 4.69) is 0 Å². The molecule has 0 saturated heterocycles. The van der Waals surface area contributed by atoms with E-state index in [0.717, 1.165) is 0 Å². The molecule has 0 aliphatic carbocycles. The Morgan fingerprint density at radius 1 is 0.756 bits per heavy atom. The Morgan fingerprint density at radius 2 is 1.16 bits per heavy atom. The molecule has 9 nitrogen and oxygen atoms in total. The molecule has 0 aliphatic rings. The number of aliphatic hydroxyl groups is 2. The maximum absolute atomic E-state index is 14.0. The molecule has 10 heteroatoms. The van der Waals surface area contributed by atoms with Gasteiger partial charge in [-0.1, -0.05) is 64.1 Å². The van der Waals surface area contributed by atoms with Crippen molar-refractivity contribution in [2.24, 2.45) is 0 Å². The van der Waals surface area contributed by atoms with Crippen LogP contribution in [0, 0.1) is 5.82 Å². The summed E-state index contributed by atoms with van der Waals surface area (Å²) in [4.78, 5) is 53.0. The fourth-order valence-electron chi connectivity index (χ4n) is 4.70. The Hall–Kier alpha value is -4.02. The number of carbonyl (C=O) groups is 4. The van der Waals surface area contributed by atoms with Crippen LogP contribution < -0.4 is 0 Å². The number of hydrogen-bond donors (Lipinski definition) is 2. The van der Waals surface area contributed by atoms with Gasteiger partial charge in [0.2, 0.25) is 0 Å². The minimum Gasteiger partial charge on any atom is -0.466 e. The number of hydrogen-bond acceptors (Lipinski definition) is 9. The van der Waals surface area contributed by atoms with Crippen molar-refractivity contribution in [1.82, 2.24) is 4.98 Å². The van der Waals surface area contributed by atoms with Crippen molar-refractivity contribution >= 4 is 35.7 Å². The van der Waals surface area contributed by atoms with E-state index in [9.17, 15) is 33.8 Å². The second-order valence-electron chi connectivity index (χ2n) is 11.2. The number of benzene rings is 1. The first-order valence-corrected chi connectivity index (χ1v) is 15.2. The number of Topliss-reactive ketones (excluding diaryl/α,β-unsaturated/α-hetero) is 2. The van der Waals surface area contributed by atoms with Gasteiger partial charge in [0, 0.05) is 24.0 Å². The summed E-state index contributed by atoms with van der Waals surface area (Å²) >= 11 is 0. The van der Waals surface area contributed by atoms with Gasteiger partial charge in [0.1, 0.15) is 30.2 Å². The number of aliphatic hydroxyl groups excluding tert-OH is 2. The molecule has 1 heterocycles. The highest BCUT2D eigenvalue weighted by Crippen LogP contribution is 2.38. The number of carbonyl (C=O) groups excluding carboxylic acids is 4. The monoisotopic (exact) mass is 625 g/mol. The second kappa shape index (κ2) is 18.1. The molecule has 45 heavy (non-hydrogen) atoms. The molecular formula is C35H44FNO8. The van der Waals surface area contributed by atoms with Crippen LogP contribution in [0.3, 0.4) is 0 Å². The number of rotatable bonds is 17. The number of ketones is 2. The van der Waals surface area contributed by atoms with E-state index in [0.29, 0.717) is 33.6 Å². The molecule has 2 N–H and O–H groups in total. The zero-order valence-corrected chi connectivity index (χ0v) is 26.8. The summed E-state index contributed by atoms with van der Waals surface area (Å²) < 4.78 is 23.6. The first-order valence-electron chi connectivity index (χ1n) is 15.2. The quantitative estimate of drug-likeness (QED) is 0.167. The first kappa shape index (κ1) is 37.2. The van der Waals surface area contributed by atoms with E-state index in [1.54, 1.807) is 38.1 Å². The van der Waals surface area contributed by atoms with Crippen molar-refractivity contribution in [3.05, 3.63) is 64.7 Å². The van der Waals surface area contributed by atoms with Crippen molar-refractivity contribution in [1.29, 1.82) is 0 Å². The van der Waals surface area contributed by atoms with E-state index < -0.39 is 54.4 Å². The van der Waals surface area contributed by atoms with Gasteiger partial charge in [0.05, 0.1) is 36.8 Å².